The first-order valence-electron chi connectivity index (χ1n) is 6.50. The summed E-state index contributed by atoms with van der Waals surface area (Å²) in [5.74, 6) is -0.229. The van der Waals surface area contributed by atoms with Crippen molar-refractivity contribution in [2.75, 3.05) is 0 Å². The Bertz CT molecular complexity index is 824. The van der Waals surface area contributed by atoms with Crippen molar-refractivity contribution < 1.29 is 4.79 Å². The van der Waals surface area contributed by atoms with Gasteiger partial charge in [-0.05, 0) is 6.07 Å². The number of carbonyl (C=O) groups is 1. The molecular formula is C17H12N2O2. The number of rotatable bonds is 3. The molecule has 0 aliphatic rings. The van der Waals surface area contributed by atoms with E-state index in [1.54, 1.807) is 30.3 Å². The SMILES string of the molecule is O=C(c1ccccc1)c1cc(-c2ccccc2)nc(=O)[nH]1. The minimum Gasteiger partial charge on any atom is -0.302 e. The lowest BCUT2D eigenvalue weighted by atomic mass is 10.1. The third-order valence-corrected chi connectivity index (χ3v) is 3.09. The van der Waals surface area contributed by atoms with Crippen LogP contribution in [0.15, 0.2) is 71.5 Å². The van der Waals surface area contributed by atoms with Crippen LogP contribution in [0.5, 0.6) is 0 Å². The number of nitrogens with zero attached hydrogens (tertiary/aromatic N) is 1. The van der Waals surface area contributed by atoms with E-state index in [-0.39, 0.29) is 11.5 Å². The molecule has 1 N–H and O–H groups in total. The van der Waals surface area contributed by atoms with E-state index in [9.17, 15) is 9.59 Å². The van der Waals surface area contributed by atoms with Crippen molar-refractivity contribution in [1.82, 2.24) is 9.97 Å². The third-order valence-electron chi connectivity index (χ3n) is 3.09. The Labute approximate surface area is 121 Å². The average molecular weight is 276 g/mol. The van der Waals surface area contributed by atoms with Gasteiger partial charge in [-0.3, -0.25) is 4.79 Å². The van der Waals surface area contributed by atoms with E-state index in [0.29, 0.717) is 11.3 Å². The van der Waals surface area contributed by atoms with E-state index in [1.807, 2.05) is 36.4 Å². The highest BCUT2D eigenvalue weighted by Crippen LogP contribution is 2.16. The van der Waals surface area contributed by atoms with Gasteiger partial charge in [0.25, 0.3) is 0 Å². The Hall–Kier alpha value is -3.01. The number of H-pyrrole nitrogens is 1. The van der Waals surface area contributed by atoms with Crippen molar-refractivity contribution in [3.63, 3.8) is 0 Å². The normalized spacial score (nSPS) is 10.3. The Morgan fingerprint density at radius 2 is 1.52 bits per heavy atom. The van der Waals surface area contributed by atoms with Crippen LogP contribution in [-0.2, 0) is 0 Å². The number of carbonyl (C=O) groups excluding carboxylic acids is 1. The molecule has 0 fully saturated rings. The Morgan fingerprint density at radius 3 is 2.19 bits per heavy atom. The number of nitrogens with one attached hydrogen (secondary N) is 1. The summed E-state index contributed by atoms with van der Waals surface area (Å²) in [7, 11) is 0. The first-order chi connectivity index (χ1) is 10.2. The highest BCUT2D eigenvalue weighted by molar-refractivity contribution is 6.08. The maximum absolute atomic E-state index is 12.4. The topological polar surface area (TPSA) is 62.8 Å². The monoisotopic (exact) mass is 276 g/mol. The largest absolute Gasteiger partial charge is 0.346 e. The van der Waals surface area contributed by atoms with Crippen molar-refractivity contribution in [3.8, 4) is 11.3 Å². The van der Waals surface area contributed by atoms with Crippen LogP contribution < -0.4 is 5.69 Å². The summed E-state index contributed by atoms with van der Waals surface area (Å²) in [5.41, 5.74) is 1.51. The first kappa shape index (κ1) is 13.0. The number of hydrogen-bond donors (Lipinski definition) is 1. The Morgan fingerprint density at radius 1 is 0.905 bits per heavy atom. The zero-order valence-electron chi connectivity index (χ0n) is 11.1. The molecule has 21 heavy (non-hydrogen) atoms. The van der Waals surface area contributed by atoms with E-state index >= 15 is 0 Å². The van der Waals surface area contributed by atoms with Crippen molar-refractivity contribution >= 4 is 5.78 Å². The smallest absolute Gasteiger partial charge is 0.302 e. The summed E-state index contributed by atoms with van der Waals surface area (Å²) in [5, 5.41) is 0. The van der Waals surface area contributed by atoms with Gasteiger partial charge in [-0.1, -0.05) is 60.7 Å². The molecule has 3 aromatic rings. The molecule has 3 rings (SSSR count). The van der Waals surface area contributed by atoms with Crippen LogP contribution in [0, 0.1) is 0 Å². The lowest BCUT2D eigenvalue weighted by Gasteiger charge is -2.04. The fourth-order valence-corrected chi connectivity index (χ4v) is 2.08. The highest BCUT2D eigenvalue weighted by Gasteiger charge is 2.12. The molecule has 0 radical (unpaired) electrons. The molecule has 0 atom stereocenters. The molecule has 0 saturated carbocycles. The fourth-order valence-electron chi connectivity index (χ4n) is 2.08. The first-order valence-corrected chi connectivity index (χ1v) is 6.50. The van der Waals surface area contributed by atoms with E-state index in [4.69, 9.17) is 0 Å². The second-order valence-corrected chi connectivity index (χ2v) is 4.55. The number of aromatic amines is 1. The standard InChI is InChI=1S/C17H12N2O2/c20-16(13-9-5-2-6-10-13)15-11-14(18-17(21)19-15)12-7-3-1-4-8-12/h1-11H,(H,18,19,21). The third kappa shape index (κ3) is 2.79. The molecule has 0 amide bonds. The van der Waals surface area contributed by atoms with Crippen molar-refractivity contribution in [2.45, 2.75) is 0 Å². The van der Waals surface area contributed by atoms with E-state index in [0.717, 1.165) is 5.56 Å². The van der Waals surface area contributed by atoms with Gasteiger partial charge in [-0.25, -0.2) is 4.79 Å². The number of hydrogen-bond acceptors (Lipinski definition) is 3. The van der Waals surface area contributed by atoms with Crippen LogP contribution in [0.3, 0.4) is 0 Å². The van der Waals surface area contributed by atoms with Gasteiger partial charge >= 0.3 is 5.69 Å². The van der Waals surface area contributed by atoms with E-state index in [1.165, 1.54) is 0 Å². The molecule has 0 unspecified atom stereocenters. The lowest BCUT2D eigenvalue weighted by molar-refractivity contribution is 0.103. The van der Waals surface area contributed by atoms with Crippen LogP contribution in [0.4, 0.5) is 0 Å². The van der Waals surface area contributed by atoms with Gasteiger partial charge in [0.1, 0.15) is 0 Å². The zero-order chi connectivity index (χ0) is 14.7. The zero-order valence-corrected chi connectivity index (χ0v) is 11.1. The molecule has 2 aromatic carbocycles. The molecule has 4 heteroatoms. The molecule has 102 valence electrons. The average Bonchev–Trinajstić information content (AvgIpc) is 2.55. The summed E-state index contributed by atoms with van der Waals surface area (Å²) >= 11 is 0. The van der Waals surface area contributed by atoms with Gasteiger partial charge < -0.3 is 4.98 Å². The van der Waals surface area contributed by atoms with Gasteiger partial charge in [-0.2, -0.15) is 4.98 Å². The number of aromatic nitrogens is 2. The Kier molecular flexibility index (Phi) is 3.43. The molecule has 0 saturated heterocycles. The van der Waals surface area contributed by atoms with Crippen LogP contribution in [0.2, 0.25) is 0 Å². The molecule has 1 heterocycles. The highest BCUT2D eigenvalue weighted by atomic mass is 16.1. The molecule has 0 bridgehead atoms. The second kappa shape index (κ2) is 5.54. The molecule has 4 nitrogen and oxygen atoms in total. The molecular weight excluding hydrogens is 264 g/mol. The molecule has 0 aliphatic carbocycles. The van der Waals surface area contributed by atoms with Gasteiger partial charge in [0, 0.05) is 11.1 Å². The summed E-state index contributed by atoms with van der Waals surface area (Å²) in [6.45, 7) is 0. The maximum atomic E-state index is 12.4. The van der Waals surface area contributed by atoms with Gasteiger partial charge in [0.15, 0.2) is 0 Å². The molecule has 0 spiro atoms. The van der Waals surface area contributed by atoms with Crippen molar-refractivity contribution in [1.29, 1.82) is 0 Å². The van der Waals surface area contributed by atoms with Crippen LogP contribution in [0.1, 0.15) is 16.1 Å². The van der Waals surface area contributed by atoms with Gasteiger partial charge in [-0.15, -0.1) is 0 Å². The maximum Gasteiger partial charge on any atom is 0.346 e. The predicted octanol–water partition coefficient (Wildman–Crippen LogP) is 2.67. The van der Waals surface area contributed by atoms with Crippen LogP contribution >= 0.6 is 0 Å². The van der Waals surface area contributed by atoms with E-state index < -0.39 is 5.69 Å². The quantitative estimate of drug-likeness (QED) is 0.748. The predicted molar refractivity (Wildman–Crippen MR) is 80.2 cm³/mol. The summed E-state index contributed by atoms with van der Waals surface area (Å²) in [4.78, 5) is 30.5. The minimum atomic E-state index is -0.532. The Balaban J connectivity index is 2.07. The number of benzene rings is 2. The van der Waals surface area contributed by atoms with E-state index in [2.05, 4.69) is 9.97 Å². The summed E-state index contributed by atoms with van der Waals surface area (Å²) in [6, 6.07) is 19.7. The van der Waals surface area contributed by atoms with Crippen LogP contribution in [0.25, 0.3) is 11.3 Å². The van der Waals surface area contributed by atoms with Crippen LogP contribution in [-0.4, -0.2) is 15.8 Å². The summed E-state index contributed by atoms with van der Waals surface area (Å²) < 4.78 is 0. The molecule has 1 aromatic heterocycles. The minimum absolute atomic E-state index is 0.229. The molecule has 0 aliphatic heterocycles. The fraction of sp³-hybridized carbons (Fsp3) is 0. The summed E-state index contributed by atoms with van der Waals surface area (Å²) in [6.07, 6.45) is 0. The van der Waals surface area contributed by atoms with Crippen molar-refractivity contribution in [3.05, 3.63) is 88.5 Å². The van der Waals surface area contributed by atoms with Gasteiger partial charge in [0.05, 0.1) is 11.4 Å². The van der Waals surface area contributed by atoms with Gasteiger partial charge in [0.2, 0.25) is 5.78 Å². The lowest BCUT2D eigenvalue weighted by Crippen LogP contribution is -2.17. The number of ketones is 1. The van der Waals surface area contributed by atoms with Crippen molar-refractivity contribution in [2.24, 2.45) is 0 Å². The second-order valence-electron chi connectivity index (χ2n) is 4.55.